The molecule has 0 saturated heterocycles. The van der Waals surface area contributed by atoms with Gasteiger partial charge in [0, 0.05) is 37.6 Å². The third kappa shape index (κ3) is 20.7. The van der Waals surface area contributed by atoms with Crippen LogP contribution in [0.2, 0.25) is 0 Å². The van der Waals surface area contributed by atoms with E-state index in [1.54, 1.807) is 62.4 Å². The first kappa shape index (κ1) is 33.0. The molecule has 0 amide bonds. The van der Waals surface area contributed by atoms with E-state index in [0.29, 0.717) is 22.6 Å². The molecule has 0 unspecified atom stereocenters. The zero-order valence-electron chi connectivity index (χ0n) is 21.5. The second kappa shape index (κ2) is 23.0. The van der Waals surface area contributed by atoms with Gasteiger partial charge in [0.05, 0.1) is 0 Å². The quantitative estimate of drug-likeness (QED) is 0.251. The Labute approximate surface area is 205 Å². The summed E-state index contributed by atoms with van der Waals surface area (Å²) in [6.07, 6.45) is 0. The maximum Gasteiger partial charge on any atom is 0.338 e. The highest BCUT2D eigenvalue weighted by atomic mass is 16.5. The van der Waals surface area contributed by atoms with Gasteiger partial charge in [-0.25, -0.2) is 9.59 Å². The molecule has 2 aromatic rings. The fraction of sp³-hybridized carbons (Fsp3) is 0.357. The largest absolute Gasteiger partial charge is 0.423 e. The first-order valence-corrected chi connectivity index (χ1v) is 11.2. The van der Waals surface area contributed by atoms with Gasteiger partial charge in [0.1, 0.15) is 11.5 Å². The number of benzene rings is 2. The Morgan fingerprint density at radius 2 is 0.853 bits per heavy atom. The Morgan fingerprint density at radius 3 is 1.03 bits per heavy atom. The van der Waals surface area contributed by atoms with Gasteiger partial charge in [0.2, 0.25) is 0 Å². The standard InChI is InChI=1S/2C10H10O2.2C4H10O/c2*1-8(2)10(11)12-9-6-4-3-5-7-9;2*1-3-5-4-2/h2*3-7H,1H2,2H3;2*3-4H2,1-2H3. The number of ether oxygens (including phenoxy) is 4. The molecule has 6 heteroatoms. The highest BCUT2D eigenvalue weighted by Gasteiger charge is 2.04. The van der Waals surface area contributed by atoms with Crippen LogP contribution in [0.3, 0.4) is 0 Å². The smallest absolute Gasteiger partial charge is 0.338 e. The lowest BCUT2D eigenvalue weighted by Crippen LogP contribution is -2.07. The van der Waals surface area contributed by atoms with Crippen molar-refractivity contribution in [3.8, 4) is 11.5 Å². The van der Waals surface area contributed by atoms with Gasteiger partial charge in [-0.15, -0.1) is 0 Å². The molecule has 0 radical (unpaired) electrons. The molecule has 34 heavy (non-hydrogen) atoms. The molecule has 0 fully saturated rings. The normalized spacial score (nSPS) is 8.88. The van der Waals surface area contributed by atoms with Crippen LogP contribution in [0.25, 0.3) is 0 Å². The molecule has 0 aromatic heterocycles. The lowest BCUT2D eigenvalue weighted by atomic mass is 10.3. The van der Waals surface area contributed by atoms with Crippen LogP contribution in [0.5, 0.6) is 11.5 Å². The van der Waals surface area contributed by atoms with E-state index in [-0.39, 0.29) is 11.9 Å². The van der Waals surface area contributed by atoms with E-state index in [1.807, 2.05) is 39.8 Å². The lowest BCUT2D eigenvalue weighted by molar-refractivity contribution is -0.130. The summed E-state index contributed by atoms with van der Waals surface area (Å²) < 4.78 is 19.5. The van der Waals surface area contributed by atoms with Crippen molar-refractivity contribution in [3.63, 3.8) is 0 Å². The highest BCUT2D eigenvalue weighted by molar-refractivity contribution is 5.89. The molecule has 0 heterocycles. The van der Waals surface area contributed by atoms with Crippen LogP contribution < -0.4 is 9.47 Å². The maximum absolute atomic E-state index is 11.0. The molecule has 0 N–H and O–H groups in total. The van der Waals surface area contributed by atoms with Crippen molar-refractivity contribution in [3.05, 3.63) is 85.0 Å². The molecule has 0 aliphatic rings. The second-order valence-corrected chi connectivity index (χ2v) is 6.53. The summed E-state index contributed by atoms with van der Waals surface area (Å²) in [5, 5.41) is 0. The molecule has 2 rings (SSSR count). The van der Waals surface area contributed by atoms with E-state index >= 15 is 0 Å². The first-order chi connectivity index (χ1) is 16.2. The highest BCUT2D eigenvalue weighted by Crippen LogP contribution is 2.10. The number of hydrogen-bond donors (Lipinski definition) is 0. The third-order valence-electron chi connectivity index (χ3n) is 3.42. The third-order valence-corrected chi connectivity index (χ3v) is 3.42. The van der Waals surface area contributed by atoms with Gasteiger partial charge in [0.15, 0.2) is 0 Å². The summed E-state index contributed by atoms with van der Waals surface area (Å²) in [5.74, 6) is 0.318. The molecular formula is C28H40O6. The number of rotatable bonds is 8. The van der Waals surface area contributed by atoms with Gasteiger partial charge in [-0.1, -0.05) is 49.6 Å². The van der Waals surface area contributed by atoms with E-state index in [0.717, 1.165) is 26.4 Å². The number of carbonyl (C=O) groups is 2. The summed E-state index contributed by atoms with van der Waals surface area (Å²) in [4.78, 5) is 22.0. The predicted octanol–water partition coefficient (Wildman–Crippen LogP) is 6.42. The van der Waals surface area contributed by atoms with E-state index in [2.05, 4.69) is 13.2 Å². The maximum atomic E-state index is 11.0. The van der Waals surface area contributed by atoms with Crippen molar-refractivity contribution in [2.75, 3.05) is 26.4 Å². The summed E-state index contributed by atoms with van der Waals surface area (Å²) in [6, 6.07) is 17.8. The predicted molar refractivity (Wildman–Crippen MR) is 138 cm³/mol. The zero-order valence-corrected chi connectivity index (χ0v) is 21.5. The van der Waals surface area contributed by atoms with Crippen molar-refractivity contribution in [2.45, 2.75) is 41.5 Å². The van der Waals surface area contributed by atoms with Crippen LogP contribution in [0.1, 0.15) is 41.5 Å². The minimum Gasteiger partial charge on any atom is -0.423 e. The van der Waals surface area contributed by atoms with E-state index in [9.17, 15) is 9.59 Å². The summed E-state index contributed by atoms with van der Waals surface area (Å²) >= 11 is 0. The van der Waals surface area contributed by atoms with Crippen molar-refractivity contribution in [1.29, 1.82) is 0 Å². The molecule has 0 bridgehead atoms. The Kier molecular flexibility index (Phi) is 22.3. The topological polar surface area (TPSA) is 71.1 Å². The molecule has 188 valence electrons. The fourth-order valence-electron chi connectivity index (χ4n) is 1.77. The van der Waals surface area contributed by atoms with Gasteiger partial charge in [-0.3, -0.25) is 0 Å². The van der Waals surface area contributed by atoms with E-state index in [1.165, 1.54) is 0 Å². The van der Waals surface area contributed by atoms with Crippen molar-refractivity contribution in [2.24, 2.45) is 0 Å². The number of hydrogen-bond acceptors (Lipinski definition) is 6. The molecule has 6 nitrogen and oxygen atoms in total. The first-order valence-electron chi connectivity index (χ1n) is 11.2. The molecule has 0 saturated carbocycles. The van der Waals surface area contributed by atoms with Crippen LogP contribution >= 0.6 is 0 Å². The number of esters is 2. The monoisotopic (exact) mass is 472 g/mol. The summed E-state index contributed by atoms with van der Waals surface area (Å²) in [6.45, 7) is 21.5. The van der Waals surface area contributed by atoms with Gasteiger partial charge < -0.3 is 18.9 Å². The van der Waals surface area contributed by atoms with Crippen LogP contribution in [0, 0.1) is 0 Å². The van der Waals surface area contributed by atoms with Gasteiger partial charge in [-0.05, 0) is 65.8 Å². The van der Waals surface area contributed by atoms with Gasteiger partial charge in [-0.2, -0.15) is 0 Å². The number of para-hydroxylation sites is 2. The minimum absolute atomic E-state index is 0.388. The van der Waals surface area contributed by atoms with Crippen molar-refractivity contribution < 1.29 is 28.5 Å². The zero-order chi connectivity index (χ0) is 26.2. The van der Waals surface area contributed by atoms with Crippen molar-refractivity contribution in [1.82, 2.24) is 0 Å². The van der Waals surface area contributed by atoms with Crippen LogP contribution in [0.4, 0.5) is 0 Å². The second-order valence-electron chi connectivity index (χ2n) is 6.53. The SMILES string of the molecule is C=C(C)C(=O)Oc1ccccc1.C=C(C)C(=O)Oc1ccccc1.CCOCC.CCOCC. The lowest BCUT2D eigenvalue weighted by Gasteiger charge is -2.01. The van der Waals surface area contributed by atoms with Gasteiger partial charge >= 0.3 is 11.9 Å². The molecule has 2 aromatic carbocycles. The average Bonchev–Trinajstić information content (AvgIpc) is 2.82. The summed E-state index contributed by atoms with van der Waals surface area (Å²) in [5.41, 5.74) is 0.803. The molecule has 0 aliphatic carbocycles. The average molecular weight is 473 g/mol. The Morgan fingerprint density at radius 1 is 0.588 bits per heavy atom. The van der Waals surface area contributed by atoms with Crippen LogP contribution in [-0.2, 0) is 19.1 Å². The van der Waals surface area contributed by atoms with Crippen molar-refractivity contribution >= 4 is 11.9 Å². The van der Waals surface area contributed by atoms with E-state index < -0.39 is 0 Å². The molecular weight excluding hydrogens is 432 g/mol. The Bertz CT molecular complexity index is 727. The Hall–Kier alpha value is -3.22. The fourth-order valence-corrected chi connectivity index (χ4v) is 1.77. The van der Waals surface area contributed by atoms with Crippen LogP contribution in [-0.4, -0.2) is 38.4 Å². The summed E-state index contributed by atoms with van der Waals surface area (Å²) in [7, 11) is 0. The Balaban J connectivity index is 0. The number of carbonyl (C=O) groups excluding carboxylic acids is 2. The van der Waals surface area contributed by atoms with E-state index in [4.69, 9.17) is 18.9 Å². The van der Waals surface area contributed by atoms with Crippen LogP contribution in [0.15, 0.2) is 85.0 Å². The van der Waals surface area contributed by atoms with Gasteiger partial charge in [0.25, 0.3) is 0 Å². The molecule has 0 aliphatic heterocycles. The minimum atomic E-state index is -0.388. The molecule has 0 atom stereocenters. The molecule has 0 spiro atoms.